The van der Waals surface area contributed by atoms with Gasteiger partial charge < -0.3 is 10.1 Å². The Morgan fingerprint density at radius 1 is 1.20 bits per heavy atom. The number of hydrogen-bond acceptors (Lipinski definition) is 2. The van der Waals surface area contributed by atoms with Crippen LogP contribution in [0.15, 0.2) is 0 Å². The second kappa shape index (κ2) is 7.79. The Morgan fingerprint density at radius 3 is 2.60 bits per heavy atom. The zero-order valence-corrected chi connectivity index (χ0v) is 13.9. The van der Waals surface area contributed by atoms with Gasteiger partial charge in [0.15, 0.2) is 0 Å². The van der Waals surface area contributed by atoms with Gasteiger partial charge in [0.1, 0.15) is 0 Å². The highest BCUT2D eigenvalue weighted by Gasteiger charge is 2.42. The van der Waals surface area contributed by atoms with Crippen molar-refractivity contribution in [3.05, 3.63) is 0 Å². The normalized spacial score (nSPS) is 28.6. The predicted molar refractivity (Wildman–Crippen MR) is 86.0 cm³/mol. The molecule has 3 atom stereocenters. The fourth-order valence-electron chi connectivity index (χ4n) is 4.52. The second-order valence-electron chi connectivity index (χ2n) is 7.24. The number of hydrogen-bond donors (Lipinski definition) is 1. The van der Waals surface area contributed by atoms with Crippen LogP contribution in [0.5, 0.6) is 0 Å². The van der Waals surface area contributed by atoms with Crippen LogP contribution in [0.3, 0.4) is 0 Å². The fraction of sp³-hybridized carbons (Fsp3) is 1.00. The Hall–Kier alpha value is -0.0800. The standard InChI is InChI=1S/C18H35NO/c1-4-8-15(3)17(19-12-5-2)16-9-13-20-18(14-16)10-6-7-11-18/h15-17,19H,4-14H2,1-3H3. The molecule has 2 nitrogen and oxygen atoms in total. The lowest BCUT2D eigenvalue weighted by molar-refractivity contribution is -0.101. The minimum atomic E-state index is 0.265. The Kier molecular flexibility index (Phi) is 6.35. The molecule has 1 aliphatic carbocycles. The van der Waals surface area contributed by atoms with E-state index in [-0.39, 0.29) is 5.60 Å². The van der Waals surface area contributed by atoms with Crippen LogP contribution in [0.25, 0.3) is 0 Å². The molecular formula is C18H35NO. The summed E-state index contributed by atoms with van der Waals surface area (Å²) in [5.41, 5.74) is 0.265. The van der Waals surface area contributed by atoms with Gasteiger partial charge in [-0.05, 0) is 56.9 Å². The van der Waals surface area contributed by atoms with Crippen LogP contribution < -0.4 is 5.32 Å². The van der Waals surface area contributed by atoms with E-state index in [2.05, 4.69) is 26.1 Å². The van der Waals surface area contributed by atoms with E-state index in [9.17, 15) is 0 Å². The Bertz CT molecular complexity index is 273. The Labute approximate surface area is 126 Å². The summed E-state index contributed by atoms with van der Waals surface area (Å²) in [6, 6.07) is 0.705. The molecule has 0 aromatic rings. The second-order valence-corrected chi connectivity index (χ2v) is 7.24. The largest absolute Gasteiger partial charge is 0.375 e. The van der Waals surface area contributed by atoms with Crippen LogP contribution >= 0.6 is 0 Å². The van der Waals surface area contributed by atoms with Gasteiger partial charge in [0, 0.05) is 12.6 Å². The maximum Gasteiger partial charge on any atom is 0.0685 e. The van der Waals surface area contributed by atoms with E-state index in [1.54, 1.807) is 0 Å². The van der Waals surface area contributed by atoms with Crippen LogP contribution in [0, 0.1) is 11.8 Å². The van der Waals surface area contributed by atoms with E-state index < -0.39 is 0 Å². The number of nitrogens with one attached hydrogen (secondary N) is 1. The summed E-state index contributed by atoms with van der Waals surface area (Å²) in [5.74, 6) is 1.63. The average Bonchev–Trinajstić information content (AvgIpc) is 2.87. The third kappa shape index (κ3) is 3.98. The van der Waals surface area contributed by atoms with Gasteiger partial charge in [0.05, 0.1) is 5.60 Å². The summed E-state index contributed by atoms with van der Waals surface area (Å²) in [6.07, 6.45) is 11.8. The molecule has 0 amide bonds. The molecule has 1 aliphatic heterocycles. The molecule has 3 unspecified atom stereocenters. The van der Waals surface area contributed by atoms with Crippen molar-refractivity contribution in [3.63, 3.8) is 0 Å². The van der Waals surface area contributed by atoms with Gasteiger partial charge in [0.2, 0.25) is 0 Å². The predicted octanol–water partition coefficient (Wildman–Crippen LogP) is 4.53. The number of ether oxygens (including phenoxy) is 1. The van der Waals surface area contributed by atoms with Crippen LogP contribution in [0.4, 0.5) is 0 Å². The van der Waals surface area contributed by atoms with Gasteiger partial charge in [0.25, 0.3) is 0 Å². The van der Waals surface area contributed by atoms with Crippen molar-refractivity contribution in [2.24, 2.45) is 11.8 Å². The first-order valence-electron chi connectivity index (χ1n) is 9.08. The van der Waals surface area contributed by atoms with Crippen LogP contribution in [-0.4, -0.2) is 24.8 Å². The Balaban J connectivity index is 1.99. The smallest absolute Gasteiger partial charge is 0.0685 e. The van der Waals surface area contributed by atoms with Crippen molar-refractivity contribution in [2.75, 3.05) is 13.2 Å². The first-order chi connectivity index (χ1) is 9.71. The van der Waals surface area contributed by atoms with Crippen molar-refractivity contribution >= 4 is 0 Å². The first-order valence-corrected chi connectivity index (χ1v) is 9.08. The van der Waals surface area contributed by atoms with Gasteiger partial charge in [-0.2, -0.15) is 0 Å². The maximum absolute atomic E-state index is 6.22. The highest BCUT2D eigenvalue weighted by Crippen LogP contribution is 2.43. The van der Waals surface area contributed by atoms with Crippen LogP contribution in [0.2, 0.25) is 0 Å². The third-order valence-corrected chi connectivity index (χ3v) is 5.54. The quantitative estimate of drug-likeness (QED) is 0.740. The monoisotopic (exact) mass is 281 g/mol. The van der Waals surface area contributed by atoms with Crippen LogP contribution in [0.1, 0.15) is 78.6 Å². The summed E-state index contributed by atoms with van der Waals surface area (Å²) in [7, 11) is 0. The topological polar surface area (TPSA) is 21.3 Å². The molecular weight excluding hydrogens is 246 g/mol. The minimum absolute atomic E-state index is 0.265. The summed E-state index contributed by atoms with van der Waals surface area (Å²) >= 11 is 0. The lowest BCUT2D eigenvalue weighted by atomic mass is 9.76. The van der Waals surface area contributed by atoms with Gasteiger partial charge in [-0.25, -0.2) is 0 Å². The summed E-state index contributed by atoms with van der Waals surface area (Å²) in [5, 5.41) is 3.87. The molecule has 0 bridgehead atoms. The van der Waals surface area contributed by atoms with E-state index in [4.69, 9.17) is 4.74 Å². The summed E-state index contributed by atoms with van der Waals surface area (Å²) < 4.78 is 6.22. The maximum atomic E-state index is 6.22. The molecule has 1 spiro atoms. The van der Waals surface area contributed by atoms with Gasteiger partial charge >= 0.3 is 0 Å². The van der Waals surface area contributed by atoms with E-state index in [1.807, 2.05) is 0 Å². The molecule has 2 aliphatic rings. The van der Waals surface area contributed by atoms with E-state index >= 15 is 0 Å². The highest BCUT2D eigenvalue weighted by atomic mass is 16.5. The summed E-state index contributed by atoms with van der Waals surface area (Å²) in [4.78, 5) is 0. The van der Waals surface area contributed by atoms with E-state index in [1.165, 1.54) is 64.3 Å². The fourth-order valence-corrected chi connectivity index (χ4v) is 4.52. The molecule has 0 aromatic heterocycles. The third-order valence-electron chi connectivity index (χ3n) is 5.54. The average molecular weight is 281 g/mol. The van der Waals surface area contributed by atoms with Crippen molar-refractivity contribution in [2.45, 2.75) is 90.2 Å². The van der Waals surface area contributed by atoms with Gasteiger partial charge in [-0.1, -0.05) is 40.0 Å². The Morgan fingerprint density at radius 2 is 1.95 bits per heavy atom. The van der Waals surface area contributed by atoms with Crippen molar-refractivity contribution in [3.8, 4) is 0 Å². The molecule has 20 heavy (non-hydrogen) atoms. The van der Waals surface area contributed by atoms with Crippen LogP contribution in [-0.2, 0) is 4.74 Å². The molecule has 1 N–H and O–H groups in total. The number of rotatable bonds is 7. The van der Waals surface area contributed by atoms with Gasteiger partial charge in [-0.3, -0.25) is 0 Å². The molecule has 118 valence electrons. The molecule has 2 fully saturated rings. The zero-order chi connectivity index (χ0) is 14.4. The van der Waals surface area contributed by atoms with Crippen molar-refractivity contribution < 1.29 is 4.74 Å². The lowest BCUT2D eigenvalue weighted by Gasteiger charge is -2.43. The first kappa shape index (κ1) is 16.3. The zero-order valence-electron chi connectivity index (χ0n) is 13.9. The van der Waals surface area contributed by atoms with Crippen molar-refractivity contribution in [1.29, 1.82) is 0 Å². The van der Waals surface area contributed by atoms with Gasteiger partial charge in [-0.15, -0.1) is 0 Å². The van der Waals surface area contributed by atoms with Crippen molar-refractivity contribution in [1.82, 2.24) is 5.32 Å². The molecule has 0 aromatic carbocycles. The minimum Gasteiger partial charge on any atom is -0.375 e. The van der Waals surface area contributed by atoms with E-state index in [0.717, 1.165) is 18.4 Å². The molecule has 1 heterocycles. The summed E-state index contributed by atoms with van der Waals surface area (Å²) in [6.45, 7) is 9.21. The molecule has 0 radical (unpaired) electrons. The molecule has 1 saturated heterocycles. The highest BCUT2D eigenvalue weighted by molar-refractivity contribution is 4.95. The lowest BCUT2D eigenvalue weighted by Crippen LogP contribution is -2.48. The SMILES string of the molecule is CCCNC(C(C)CCC)C1CCOC2(CCCC2)C1. The van der Waals surface area contributed by atoms with E-state index in [0.29, 0.717) is 6.04 Å². The molecule has 1 saturated carbocycles. The molecule has 2 rings (SSSR count). The molecule has 2 heteroatoms.